The Balaban J connectivity index is 2.04. The Morgan fingerprint density at radius 2 is 2.20 bits per heavy atom. The summed E-state index contributed by atoms with van der Waals surface area (Å²) in [7, 11) is 0. The molecule has 0 spiro atoms. The van der Waals surface area contributed by atoms with Gasteiger partial charge < -0.3 is 10.1 Å². The number of hydrogen-bond acceptors (Lipinski definition) is 3. The summed E-state index contributed by atoms with van der Waals surface area (Å²) in [5, 5.41) is 3.26. The molecule has 0 aromatic carbocycles. The van der Waals surface area contributed by atoms with Gasteiger partial charge >= 0.3 is 6.18 Å². The molecule has 0 aromatic rings. The van der Waals surface area contributed by atoms with E-state index in [0.717, 1.165) is 19.6 Å². The molecule has 0 aliphatic carbocycles. The second kappa shape index (κ2) is 5.67. The molecule has 1 fully saturated rings. The fourth-order valence-electron chi connectivity index (χ4n) is 1.60. The molecule has 1 atom stereocenters. The van der Waals surface area contributed by atoms with Crippen molar-refractivity contribution in [2.24, 2.45) is 0 Å². The first-order chi connectivity index (χ1) is 6.97. The highest BCUT2D eigenvalue weighted by atomic mass is 19.4. The van der Waals surface area contributed by atoms with Gasteiger partial charge in [0.25, 0.3) is 0 Å². The normalized spacial score (nSPS) is 24.4. The number of rotatable bonds is 4. The van der Waals surface area contributed by atoms with Gasteiger partial charge in [0.15, 0.2) is 0 Å². The fraction of sp³-hybridized carbons (Fsp3) is 1.00. The van der Waals surface area contributed by atoms with Crippen LogP contribution in [-0.4, -0.2) is 56.5 Å². The van der Waals surface area contributed by atoms with E-state index in [1.165, 1.54) is 0 Å². The highest BCUT2D eigenvalue weighted by Crippen LogP contribution is 2.14. The number of alkyl halides is 3. The van der Waals surface area contributed by atoms with E-state index in [9.17, 15) is 13.2 Å². The van der Waals surface area contributed by atoms with Gasteiger partial charge in [-0.1, -0.05) is 0 Å². The van der Waals surface area contributed by atoms with Crippen molar-refractivity contribution in [2.75, 3.05) is 39.4 Å². The monoisotopic (exact) mass is 226 g/mol. The van der Waals surface area contributed by atoms with Crippen LogP contribution in [0.3, 0.4) is 0 Å². The molecule has 1 N–H and O–H groups in total. The van der Waals surface area contributed by atoms with Crippen molar-refractivity contribution in [3.8, 4) is 0 Å². The summed E-state index contributed by atoms with van der Waals surface area (Å²) in [6.45, 7) is 4.27. The first-order valence-electron chi connectivity index (χ1n) is 5.07. The van der Waals surface area contributed by atoms with Crippen LogP contribution in [0.4, 0.5) is 13.2 Å². The fourth-order valence-corrected chi connectivity index (χ4v) is 1.60. The van der Waals surface area contributed by atoms with Crippen LogP contribution in [-0.2, 0) is 4.74 Å². The van der Waals surface area contributed by atoms with Crippen LogP contribution in [0, 0.1) is 0 Å². The van der Waals surface area contributed by atoms with Crippen molar-refractivity contribution in [3.05, 3.63) is 0 Å². The van der Waals surface area contributed by atoms with E-state index in [0.29, 0.717) is 12.6 Å². The standard InChI is InChI=1S/C9H17F3N2O/c1-8-6-14(3-2-13-8)4-5-15-7-9(10,11)12/h8,13H,2-7H2,1H3/t8-/m0/s1. The minimum atomic E-state index is -4.21. The third-order valence-corrected chi connectivity index (χ3v) is 2.27. The average Bonchev–Trinajstić information content (AvgIpc) is 2.11. The molecular formula is C9H17F3N2O. The molecule has 0 saturated carbocycles. The molecule has 0 amide bonds. The van der Waals surface area contributed by atoms with Gasteiger partial charge in [0.2, 0.25) is 0 Å². The number of piperazine rings is 1. The lowest BCUT2D eigenvalue weighted by molar-refractivity contribution is -0.174. The molecule has 0 radical (unpaired) electrons. The van der Waals surface area contributed by atoms with Crippen molar-refractivity contribution in [3.63, 3.8) is 0 Å². The molecule has 3 nitrogen and oxygen atoms in total. The van der Waals surface area contributed by atoms with Gasteiger partial charge in [0, 0.05) is 32.2 Å². The van der Waals surface area contributed by atoms with Gasteiger partial charge in [-0.2, -0.15) is 13.2 Å². The largest absolute Gasteiger partial charge is 0.411 e. The minimum absolute atomic E-state index is 0.145. The molecule has 0 bridgehead atoms. The van der Waals surface area contributed by atoms with E-state index < -0.39 is 12.8 Å². The Labute approximate surface area is 87.6 Å². The Hall–Kier alpha value is -0.330. The van der Waals surface area contributed by atoms with Crippen molar-refractivity contribution in [2.45, 2.75) is 19.1 Å². The van der Waals surface area contributed by atoms with Gasteiger partial charge in [-0.3, -0.25) is 4.90 Å². The number of nitrogens with zero attached hydrogens (tertiary/aromatic N) is 1. The average molecular weight is 226 g/mol. The topological polar surface area (TPSA) is 24.5 Å². The van der Waals surface area contributed by atoms with Crippen molar-refractivity contribution in [1.29, 1.82) is 0 Å². The Bertz CT molecular complexity index is 187. The molecular weight excluding hydrogens is 209 g/mol. The first kappa shape index (κ1) is 12.7. The third-order valence-electron chi connectivity index (χ3n) is 2.27. The van der Waals surface area contributed by atoms with Crippen LogP contribution < -0.4 is 5.32 Å². The van der Waals surface area contributed by atoms with E-state index in [1.807, 2.05) is 0 Å². The molecule has 1 rings (SSSR count). The van der Waals surface area contributed by atoms with Gasteiger partial charge in [-0.05, 0) is 6.92 Å². The van der Waals surface area contributed by atoms with Crippen LogP contribution in [0.15, 0.2) is 0 Å². The molecule has 1 saturated heterocycles. The summed E-state index contributed by atoms with van der Waals surface area (Å²) in [4.78, 5) is 2.11. The predicted molar refractivity (Wildman–Crippen MR) is 50.8 cm³/mol. The minimum Gasteiger partial charge on any atom is -0.371 e. The van der Waals surface area contributed by atoms with E-state index in [2.05, 4.69) is 21.9 Å². The van der Waals surface area contributed by atoms with Crippen LogP contribution in [0.5, 0.6) is 0 Å². The molecule has 6 heteroatoms. The lowest BCUT2D eigenvalue weighted by Gasteiger charge is -2.31. The maximum Gasteiger partial charge on any atom is 0.411 e. The lowest BCUT2D eigenvalue weighted by Crippen LogP contribution is -2.50. The lowest BCUT2D eigenvalue weighted by atomic mass is 10.2. The predicted octanol–water partition coefficient (Wildman–Crippen LogP) is 0.859. The SMILES string of the molecule is C[C@H]1CN(CCOCC(F)(F)F)CCN1. The molecule has 0 unspecified atom stereocenters. The molecule has 1 aliphatic rings. The van der Waals surface area contributed by atoms with E-state index in [-0.39, 0.29) is 6.61 Å². The Morgan fingerprint density at radius 1 is 1.47 bits per heavy atom. The van der Waals surface area contributed by atoms with Crippen LogP contribution in [0.1, 0.15) is 6.92 Å². The van der Waals surface area contributed by atoms with Gasteiger partial charge in [0.1, 0.15) is 6.61 Å². The summed E-state index contributed by atoms with van der Waals surface area (Å²) in [5.74, 6) is 0. The molecule has 15 heavy (non-hydrogen) atoms. The van der Waals surface area contributed by atoms with E-state index >= 15 is 0 Å². The Morgan fingerprint density at radius 3 is 2.80 bits per heavy atom. The molecule has 1 heterocycles. The Kier molecular flexibility index (Phi) is 4.82. The zero-order chi connectivity index (χ0) is 11.3. The second-order valence-corrected chi connectivity index (χ2v) is 3.82. The highest BCUT2D eigenvalue weighted by molar-refractivity contribution is 4.74. The second-order valence-electron chi connectivity index (χ2n) is 3.82. The van der Waals surface area contributed by atoms with Crippen molar-refractivity contribution < 1.29 is 17.9 Å². The quantitative estimate of drug-likeness (QED) is 0.719. The molecule has 0 aromatic heterocycles. The third kappa shape index (κ3) is 5.96. The van der Waals surface area contributed by atoms with Gasteiger partial charge in [-0.15, -0.1) is 0 Å². The van der Waals surface area contributed by atoms with E-state index in [4.69, 9.17) is 0 Å². The summed E-state index contributed by atoms with van der Waals surface area (Å²) in [6.07, 6.45) is -4.21. The molecule has 90 valence electrons. The van der Waals surface area contributed by atoms with Crippen molar-refractivity contribution in [1.82, 2.24) is 10.2 Å². The van der Waals surface area contributed by atoms with Gasteiger partial charge in [0.05, 0.1) is 6.61 Å². The number of halogens is 3. The van der Waals surface area contributed by atoms with Gasteiger partial charge in [-0.25, -0.2) is 0 Å². The summed E-state index contributed by atoms with van der Waals surface area (Å²) in [6, 6.07) is 0.404. The highest BCUT2D eigenvalue weighted by Gasteiger charge is 2.27. The first-order valence-corrected chi connectivity index (χ1v) is 5.07. The van der Waals surface area contributed by atoms with Crippen LogP contribution in [0.25, 0.3) is 0 Å². The zero-order valence-electron chi connectivity index (χ0n) is 8.81. The maximum absolute atomic E-state index is 11.7. The summed E-state index contributed by atoms with van der Waals surface area (Å²) < 4.78 is 39.8. The zero-order valence-corrected chi connectivity index (χ0v) is 8.81. The van der Waals surface area contributed by atoms with Crippen molar-refractivity contribution >= 4 is 0 Å². The van der Waals surface area contributed by atoms with E-state index in [1.54, 1.807) is 0 Å². The number of ether oxygens (including phenoxy) is 1. The van der Waals surface area contributed by atoms with Crippen LogP contribution >= 0.6 is 0 Å². The maximum atomic E-state index is 11.7. The van der Waals surface area contributed by atoms with Crippen LogP contribution in [0.2, 0.25) is 0 Å². The molecule has 1 aliphatic heterocycles. The summed E-state index contributed by atoms with van der Waals surface area (Å²) in [5.41, 5.74) is 0. The summed E-state index contributed by atoms with van der Waals surface area (Å²) >= 11 is 0. The smallest absolute Gasteiger partial charge is 0.371 e. The number of nitrogens with one attached hydrogen (secondary N) is 1. The number of hydrogen-bond donors (Lipinski definition) is 1.